The van der Waals surface area contributed by atoms with Crippen LogP contribution in [0.1, 0.15) is 34.3 Å². The largest absolute Gasteiger partial charge is 0.489 e. The number of hydrogen-bond donors (Lipinski definition) is 0. The molecule has 4 heteroatoms. The zero-order valence-electron chi connectivity index (χ0n) is 15.8. The fraction of sp³-hybridized carbons (Fsp3) is 0.250. The number of pyridine rings is 1. The second kappa shape index (κ2) is 8.70. The predicted octanol–water partition coefficient (Wildman–Crippen LogP) is 4.51. The summed E-state index contributed by atoms with van der Waals surface area (Å²) in [6.45, 7) is 1.29. The zero-order valence-corrected chi connectivity index (χ0v) is 15.8. The van der Waals surface area contributed by atoms with E-state index in [-0.39, 0.29) is 11.9 Å². The van der Waals surface area contributed by atoms with Crippen molar-refractivity contribution in [2.45, 2.75) is 31.9 Å². The van der Waals surface area contributed by atoms with Gasteiger partial charge in [0.05, 0.1) is 0 Å². The number of likely N-dealkylation sites (tertiary alicyclic amines) is 1. The third-order valence-corrected chi connectivity index (χ3v) is 5.18. The van der Waals surface area contributed by atoms with E-state index in [4.69, 9.17) is 4.74 Å². The summed E-state index contributed by atoms with van der Waals surface area (Å²) < 4.78 is 5.79. The minimum Gasteiger partial charge on any atom is -0.489 e. The lowest BCUT2D eigenvalue weighted by molar-refractivity contribution is 0.0736. The van der Waals surface area contributed by atoms with Gasteiger partial charge in [0.2, 0.25) is 0 Å². The van der Waals surface area contributed by atoms with Crippen molar-refractivity contribution in [1.82, 2.24) is 9.88 Å². The smallest absolute Gasteiger partial charge is 0.254 e. The van der Waals surface area contributed by atoms with E-state index in [9.17, 15) is 4.79 Å². The summed E-state index contributed by atoms with van der Waals surface area (Å²) >= 11 is 0. The Morgan fingerprint density at radius 3 is 2.54 bits per heavy atom. The van der Waals surface area contributed by atoms with Crippen LogP contribution in [-0.2, 0) is 13.0 Å². The maximum Gasteiger partial charge on any atom is 0.254 e. The summed E-state index contributed by atoms with van der Waals surface area (Å²) in [6, 6.07) is 22.0. The van der Waals surface area contributed by atoms with Gasteiger partial charge in [0.15, 0.2) is 0 Å². The third kappa shape index (κ3) is 4.39. The molecule has 1 atom stereocenters. The normalized spacial score (nSPS) is 16.1. The molecule has 1 fully saturated rings. The Balaban J connectivity index is 1.38. The van der Waals surface area contributed by atoms with Gasteiger partial charge in [-0.25, -0.2) is 0 Å². The molecule has 0 saturated carbocycles. The quantitative estimate of drug-likeness (QED) is 0.639. The predicted molar refractivity (Wildman–Crippen MR) is 109 cm³/mol. The lowest BCUT2D eigenvalue weighted by Crippen LogP contribution is -2.36. The molecule has 0 bridgehead atoms. The molecule has 1 aliphatic rings. The molecule has 142 valence electrons. The van der Waals surface area contributed by atoms with E-state index in [2.05, 4.69) is 29.2 Å². The van der Waals surface area contributed by atoms with E-state index in [0.717, 1.165) is 37.1 Å². The molecule has 4 nitrogen and oxygen atoms in total. The van der Waals surface area contributed by atoms with Gasteiger partial charge in [-0.1, -0.05) is 36.4 Å². The number of carbonyl (C=O) groups excluding carboxylic acids is 1. The van der Waals surface area contributed by atoms with E-state index < -0.39 is 0 Å². The summed E-state index contributed by atoms with van der Waals surface area (Å²) in [4.78, 5) is 19.1. The van der Waals surface area contributed by atoms with E-state index in [1.54, 1.807) is 12.4 Å². The highest BCUT2D eigenvalue weighted by atomic mass is 16.5. The first-order chi connectivity index (χ1) is 13.8. The first-order valence-electron chi connectivity index (χ1n) is 9.76. The molecule has 2 aromatic carbocycles. The minimum atomic E-state index is 0.109. The molecule has 1 unspecified atom stereocenters. The van der Waals surface area contributed by atoms with Crippen molar-refractivity contribution >= 4 is 5.91 Å². The maximum absolute atomic E-state index is 13.0. The van der Waals surface area contributed by atoms with Crippen LogP contribution in [0.2, 0.25) is 0 Å². The number of nitrogens with zero attached hydrogens (tertiary/aromatic N) is 2. The number of aromatic nitrogens is 1. The Morgan fingerprint density at radius 2 is 1.79 bits per heavy atom. The van der Waals surface area contributed by atoms with Gasteiger partial charge in [0, 0.05) is 36.1 Å². The molecule has 1 aromatic heterocycles. The molecule has 1 amide bonds. The third-order valence-electron chi connectivity index (χ3n) is 5.18. The van der Waals surface area contributed by atoms with Crippen molar-refractivity contribution in [1.29, 1.82) is 0 Å². The van der Waals surface area contributed by atoms with Crippen LogP contribution in [0.25, 0.3) is 0 Å². The molecule has 0 radical (unpaired) electrons. The SMILES string of the molecule is O=C(c1ccc(OCc2cccnc2)cc1)N1CCCC1Cc1ccccc1. The molecule has 3 aromatic rings. The second-order valence-electron chi connectivity index (χ2n) is 7.16. The van der Waals surface area contributed by atoms with Gasteiger partial charge in [0.25, 0.3) is 5.91 Å². The highest BCUT2D eigenvalue weighted by Gasteiger charge is 2.29. The molecule has 1 aliphatic heterocycles. The number of amides is 1. The fourth-order valence-electron chi connectivity index (χ4n) is 3.71. The Hall–Kier alpha value is -3.14. The van der Waals surface area contributed by atoms with Gasteiger partial charge < -0.3 is 9.64 Å². The lowest BCUT2D eigenvalue weighted by Gasteiger charge is -2.25. The Bertz CT molecular complexity index is 895. The Kier molecular flexibility index (Phi) is 5.66. The minimum absolute atomic E-state index is 0.109. The van der Waals surface area contributed by atoms with Crippen molar-refractivity contribution in [2.75, 3.05) is 6.54 Å². The highest BCUT2D eigenvalue weighted by Crippen LogP contribution is 2.24. The summed E-state index contributed by atoms with van der Waals surface area (Å²) in [7, 11) is 0. The average Bonchev–Trinajstić information content (AvgIpc) is 3.21. The van der Waals surface area contributed by atoms with Gasteiger partial charge in [-0.3, -0.25) is 9.78 Å². The Labute approximate surface area is 165 Å². The number of ether oxygens (including phenoxy) is 1. The van der Waals surface area contributed by atoms with Crippen LogP contribution in [-0.4, -0.2) is 28.4 Å². The summed E-state index contributed by atoms with van der Waals surface area (Å²) in [5, 5.41) is 0. The van der Waals surface area contributed by atoms with Crippen LogP contribution >= 0.6 is 0 Å². The monoisotopic (exact) mass is 372 g/mol. The molecule has 28 heavy (non-hydrogen) atoms. The van der Waals surface area contributed by atoms with Crippen LogP contribution in [0, 0.1) is 0 Å². The van der Waals surface area contributed by atoms with Gasteiger partial charge in [-0.2, -0.15) is 0 Å². The van der Waals surface area contributed by atoms with Crippen LogP contribution in [0.15, 0.2) is 79.1 Å². The zero-order chi connectivity index (χ0) is 19.2. The van der Waals surface area contributed by atoms with Crippen molar-refractivity contribution in [2.24, 2.45) is 0 Å². The molecule has 2 heterocycles. The van der Waals surface area contributed by atoms with Gasteiger partial charge >= 0.3 is 0 Å². The summed E-state index contributed by atoms with van der Waals surface area (Å²) in [5.41, 5.74) is 3.02. The first-order valence-corrected chi connectivity index (χ1v) is 9.76. The maximum atomic E-state index is 13.0. The van der Waals surface area contributed by atoms with Gasteiger partial charge in [-0.15, -0.1) is 0 Å². The van der Waals surface area contributed by atoms with Crippen molar-refractivity contribution < 1.29 is 9.53 Å². The van der Waals surface area contributed by atoms with Gasteiger partial charge in [0.1, 0.15) is 12.4 Å². The van der Waals surface area contributed by atoms with Crippen LogP contribution in [0.4, 0.5) is 0 Å². The lowest BCUT2D eigenvalue weighted by atomic mass is 10.0. The van der Waals surface area contributed by atoms with E-state index in [1.165, 1.54) is 5.56 Å². The number of benzene rings is 2. The molecular formula is C24H24N2O2. The van der Waals surface area contributed by atoms with Crippen molar-refractivity contribution in [3.05, 3.63) is 95.8 Å². The van der Waals surface area contributed by atoms with Crippen LogP contribution < -0.4 is 4.74 Å². The topological polar surface area (TPSA) is 42.4 Å². The molecule has 0 aliphatic carbocycles. The number of carbonyl (C=O) groups is 1. The first kappa shape index (κ1) is 18.2. The van der Waals surface area contributed by atoms with E-state index >= 15 is 0 Å². The Morgan fingerprint density at radius 1 is 1.00 bits per heavy atom. The number of rotatable bonds is 6. The second-order valence-corrected chi connectivity index (χ2v) is 7.16. The molecule has 4 rings (SSSR count). The molecular weight excluding hydrogens is 348 g/mol. The van der Waals surface area contributed by atoms with Crippen molar-refractivity contribution in [3.8, 4) is 5.75 Å². The highest BCUT2D eigenvalue weighted by molar-refractivity contribution is 5.94. The average molecular weight is 372 g/mol. The van der Waals surface area contributed by atoms with Gasteiger partial charge in [-0.05, 0) is 55.2 Å². The van der Waals surface area contributed by atoms with Crippen LogP contribution in [0.3, 0.4) is 0 Å². The van der Waals surface area contributed by atoms with Crippen molar-refractivity contribution in [3.63, 3.8) is 0 Å². The molecule has 0 spiro atoms. The fourth-order valence-corrected chi connectivity index (χ4v) is 3.71. The molecule has 0 N–H and O–H groups in total. The standard InChI is InChI=1S/C24H24N2O2/c27-24(26-15-5-9-22(26)16-19-6-2-1-3-7-19)21-10-12-23(13-11-21)28-18-20-8-4-14-25-17-20/h1-4,6-8,10-14,17,22H,5,9,15-16,18H2. The molecule has 1 saturated heterocycles. The van der Waals surface area contributed by atoms with E-state index in [1.807, 2.05) is 47.4 Å². The number of hydrogen-bond acceptors (Lipinski definition) is 3. The summed E-state index contributed by atoms with van der Waals surface area (Å²) in [6.07, 6.45) is 6.58. The van der Waals surface area contributed by atoms with E-state index in [0.29, 0.717) is 12.2 Å². The summed E-state index contributed by atoms with van der Waals surface area (Å²) in [5.74, 6) is 0.861. The van der Waals surface area contributed by atoms with Crippen LogP contribution in [0.5, 0.6) is 5.75 Å².